The number of nitrogens with one attached hydrogen (secondary N) is 1. The van der Waals surface area contributed by atoms with Gasteiger partial charge in [0.15, 0.2) is 5.13 Å². The number of para-hydroxylation sites is 1. The number of aromatic nitrogens is 1. The van der Waals surface area contributed by atoms with Crippen LogP contribution in [-0.4, -0.2) is 25.1 Å². The van der Waals surface area contributed by atoms with Crippen LogP contribution in [0.5, 0.6) is 23.0 Å². The maximum atomic E-state index is 13.7. The monoisotopic (exact) mass is 500 g/mol. The zero-order chi connectivity index (χ0) is 25.3. The zero-order valence-corrected chi connectivity index (χ0v) is 21.5. The Balaban J connectivity index is 1.39. The Labute approximate surface area is 214 Å². The van der Waals surface area contributed by atoms with Crippen LogP contribution >= 0.6 is 11.3 Å². The fraction of sp³-hybridized carbons (Fsp3) is 0.241. The minimum absolute atomic E-state index is 0.101. The summed E-state index contributed by atoms with van der Waals surface area (Å²) in [7, 11) is 3.28. The van der Waals surface area contributed by atoms with Crippen LogP contribution in [0.15, 0.2) is 72.1 Å². The highest BCUT2D eigenvalue weighted by atomic mass is 32.1. The van der Waals surface area contributed by atoms with Gasteiger partial charge in [-0.1, -0.05) is 50.2 Å². The first-order chi connectivity index (χ1) is 17.4. The van der Waals surface area contributed by atoms with Gasteiger partial charge in [0, 0.05) is 34.9 Å². The van der Waals surface area contributed by atoms with E-state index >= 15 is 0 Å². The third-order valence-corrected chi connectivity index (χ3v) is 7.41. The van der Waals surface area contributed by atoms with E-state index in [-0.39, 0.29) is 11.8 Å². The maximum absolute atomic E-state index is 13.7. The number of fused-ring (bicyclic) bond motifs is 2. The summed E-state index contributed by atoms with van der Waals surface area (Å²) in [6.07, 6.45) is 0.683. The van der Waals surface area contributed by atoms with Gasteiger partial charge in [0.2, 0.25) is 5.91 Å². The summed E-state index contributed by atoms with van der Waals surface area (Å²) in [5.41, 5.74) is 3.19. The fourth-order valence-electron chi connectivity index (χ4n) is 4.63. The van der Waals surface area contributed by atoms with Crippen LogP contribution in [0.2, 0.25) is 0 Å². The van der Waals surface area contributed by atoms with E-state index in [1.54, 1.807) is 14.2 Å². The van der Waals surface area contributed by atoms with Gasteiger partial charge in [0.25, 0.3) is 0 Å². The Bertz CT molecular complexity index is 1390. The minimum Gasteiger partial charge on any atom is -0.497 e. The Morgan fingerprint density at radius 2 is 1.67 bits per heavy atom. The highest BCUT2D eigenvalue weighted by Crippen LogP contribution is 2.52. The number of anilines is 1. The van der Waals surface area contributed by atoms with Crippen LogP contribution in [0.3, 0.4) is 0 Å². The molecular weight excluding hydrogens is 472 g/mol. The minimum atomic E-state index is -0.787. The summed E-state index contributed by atoms with van der Waals surface area (Å²) in [4.78, 5) is 18.4. The number of carbonyl (C=O) groups is 1. The lowest BCUT2D eigenvalue weighted by Crippen LogP contribution is -2.38. The van der Waals surface area contributed by atoms with Gasteiger partial charge in [-0.2, -0.15) is 0 Å². The standard InChI is InChI=1S/C29H28N2O4S/c1-29(2,26-22-7-5-6-8-24(22)35-25-16-21(34-4)13-14-23(25)26)27(32)31-28-30-19(17-36-28)15-18-9-11-20(33-3)12-10-18/h5-14,16-17,26H,15H2,1-4H3,(H,30,31,32). The van der Waals surface area contributed by atoms with Crippen molar-refractivity contribution < 1.29 is 19.0 Å². The van der Waals surface area contributed by atoms with Crippen molar-refractivity contribution in [2.45, 2.75) is 26.2 Å². The third kappa shape index (κ3) is 4.54. The lowest BCUT2D eigenvalue weighted by atomic mass is 9.69. The van der Waals surface area contributed by atoms with E-state index in [9.17, 15) is 4.79 Å². The summed E-state index contributed by atoms with van der Waals surface area (Å²) in [6.45, 7) is 3.93. The van der Waals surface area contributed by atoms with Crippen molar-refractivity contribution in [3.8, 4) is 23.0 Å². The van der Waals surface area contributed by atoms with E-state index in [0.717, 1.165) is 33.9 Å². The molecule has 0 saturated carbocycles. The molecule has 1 N–H and O–H groups in total. The molecule has 0 radical (unpaired) electrons. The lowest BCUT2D eigenvalue weighted by molar-refractivity contribution is -0.124. The number of thiazole rings is 1. The first kappa shape index (κ1) is 23.9. The van der Waals surface area contributed by atoms with Crippen LogP contribution < -0.4 is 19.5 Å². The average Bonchev–Trinajstić information content (AvgIpc) is 3.33. The number of carbonyl (C=O) groups excluding carboxylic acids is 1. The maximum Gasteiger partial charge on any atom is 0.232 e. The second-order valence-electron chi connectivity index (χ2n) is 9.32. The summed E-state index contributed by atoms with van der Waals surface area (Å²) in [6, 6.07) is 21.6. The summed E-state index contributed by atoms with van der Waals surface area (Å²) in [5, 5.41) is 5.65. The molecule has 1 aliphatic heterocycles. The van der Waals surface area contributed by atoms with Gasteiger partial charge >= 0.3 is 0 Å². The van der Waals surface area contributed by atoms with Crippen molar-refractivity contribution in [3.63, 3.8) is 0 Å². The summed E-state index contributed by atoms with van der Waals surface area (Å²) < 4.78 is 16.8. The predicted octanol–water partition coefficient (Wildman–Crippen LogP) is 6.65. The Hall–Kier alpha value is -3.84. The zero-order valence-electron chi connectivity index (χ0n) is 20.7. The summed E-state index contributed by atoms with van der Waals surface area (Å²) >= 11 is 1.43. The van der Waals surface area contributed by atoms with Crippen LogP contribution in [0.4, 0.5) is 5.13 Å². The van der Waals surface area contributed by atoms with Gasteiger partial charge in [-0.15, -0.1) is 11.3 Å². The van der Waals surface area contributed by atoms with Crippen LogP contribution in [0, 0.1) is 5.41 Å². The second kappa shape index (κ2) is 9.66. The average molecular weight is 501 g/mol. The molecule has 4 aromatic rings. The van der Waals surface area contributed by atoms with Gasteiger partial charge in [-0.25, -0.2) is 4.98 Å². The number of hydrogen-bond donors (Lipinski definition) is 1. The molecular formula is C29H28N2O4S. The second-order valence-corrected chi connectivity index (χ2v) is 10.2. The number of amides is 1. The SMILES string of the molecule is COc1ccc(Cc2csc(NC(=O)C(C)(C)C3c4ccccc4Oc4cc(OC)ccc43)n2)cc1. The van der Waals surface area contributed by atoms with E-state index in [2.05, 4.69) is 10.3 Å². The first-order valence-corrected chi connectivity index (χ1v) is 12.6. The molecule has 1 aliphatic rings. The molecule has 0 bridgehead atoms. The highest BCUT2D eigenvalue weighted by Gasteiger charge is 2.43. The number of hydrogen-bond acceptors (Lipinski definition) is 6. The van der Waals surface area contributed by atoms with Crippen molar-refractivity contribution in [2.75, 3.05) is 19.5 Å². The van der Waals surface area contributed by atoms with Crippen molar-refractivity contribution >= 4 is 22.4 Å². The Morgan fingerprint density at radius 3 is 2.42 bits per heavy atom. The fourth-order valence-corrected chi connectivity index (χ4v) is 5.34. The molecule has 1 amide bonds. The van der Waals surface area contributed by atoms with Crippen LogP contribution in [-0.2, 0) is 11.2 Å². The number of benzene rings is 3. The molecule has 1 unspecified atom stereocenters. The largest absolute Gasteiger partial charge is 0.497 e. The third-order valence-electron chi connectivity index (χ3n) is 6.61. The van der Waals surface area contributed by atoms with Crippen molar-refractivity contribution in [3.05, 3.63) is 94.5 Å². The quantitative estimate of drug-likeness (QED) is 0.308. The Kier molecular flexibility index (Phi) is 6.41. The molecule has 1 aromatic heterocycles. The van der Waals surface area contributed by atoms with E-state index in [1.165, 1.54) is 11.3 Å². The molecule has 36 heavy (non-hydrogen) atoms. The normalized spacial score (nSPS) is 14.3. The molecule has 6 nitrogen and oxygen atoms in total. The van der Waals surface area contributed by atoms with Gasteiger partial charge in [-0.05, 0) is 29.8 Å². The highest BCUT2D eigenvalue weighted by molar-refractivity contribution is 7.13. The van der Waals surface area contributed by atoms with E-state index < -0.39 is 5.41 Å². The van der Waals surface area contributed by atoms with E-state index in [0.29, 0.717) is 23.1 Å². The van der Waals surface area contributed by atoms with Gasteiger partial charge in [0.1, 0.15) is 23.0 Å². The van der Waals surface area contributed by atoms with Gasteiger partial charge in [0.05, 0.1) is 25.3 Å². The Morgan fingerprint density at radius 1 is 0.972 bits per heavy atom. The number of ether oxygens (including phenoxy) is 3. The van der Waals surface area contributed by atoms with Crippen LogP contribution in [0.25, 0.3) is 0 Å². The predicted molar refractivity (Wildman–Crippen MR) is 142 cm³/mol. The molecule has 1 atom stereocenters. The number of methoxy groups -OCH3 is 2. The van der Waals surface area contributed by atoms with E-state index in [1.807, 2.05) is 86.0 Å². The molecule has 184 valence electrons. The van der Waals surface area contributed by atoms with Crippen molar-refractivity contribution in [1.82, 2.24) is 4.98 Å². The molecule has 0 spiro atoms. The molecule has 0 saturated heterocycles. The first-order valence-electron chi connectivity index (χ1n) is 11.7. The molecule has 3 aromatic carbocycles. The smallest absolute Gasteiger partial charge is 0.232 e. The van der Waals surface area contributed by atoms with Gasteiger partial charge < -0.3 is 19.5 Å². The van der Waals surface area contributed by atoms with Crippen LogP contribution in [0.1, 0.15) is 42.1 Å². The summed E-state index contributed by atoms with van der Waals surface area (Å²) in [5.74, 6) is 2.68. The molecule has 0 fully saturated rings. The molecule has 2 heterocycles. The van der Waals surface area contributed by atoms with E-state index in [4.69, 9.17) is 14.2 Å². The number of nitrogens with zero attached hydrogens (tertiary/aromatic N) is 1. The lowest BCUT2D eigenvalue weighted by Gasteiger charge is -2.38. The van der Waals surface area contributed by atoms with Crippen molar-refractivity contribution in [1.29, 1.82) is 0 Å². The molecule has 0 aliphatic carbocycles. The number of rotatable bonds is 7. The molecule has 5 rings (SSSR count). The van der Waals surface area contributed by atoms with Gasteiger partial charge in [-0.3, -0.25) is 4.79 Å². The molecule has 7 heteroatoms. The van der Waals surface area contributed by atoms with Crippen molar-refractivity contribution in [2.24, 2.45) is 5.41 Å². The topological polar surface area (TPSA) is 69.7 Å².